The molecular weight excluding hydrogens is 408 g/mol. The van der Waals surface area contributed by atoms with E-state index in [1.165, 1.54) is 12.1 Å². The maximum atomic E-state index is 11.6. The Balaban J connectivity index is 1.66. The molecule has 2 aromatic carbocycles. The normalized spacial score (nSPS) is 26.0. The largest absolute Gasteiger partial charge is 0.485 e. The van der Waals surface area contributed by atoms with Crippen LogP contribution >= 0.6 is 0 Å². The van der Waals surface area contributed by atoms with Crippen LogP contribution in [0.1, 0.15) is 5.56 Å². The molecule has 0 amide bonds. The fourth-order valence-corrected chi connectivity index (χ4v) is 3.31. The highest BCUT2D eigenvalue weighted by Gasteiger charge is 2.45. The standard InChI is InChI=1S/C22H22O9/c23-10-17-19(25)20(26)21(27)22(31-17)30-16-8-13-6-7-18(24)29-14(13)9-15(16)28-11-12-4-2-1-3-5-12/h1-9,17,19-23,25-27H,10-11H2/t17-,19+,20+,21-,22+/m1/s1. The summed E-state index contributed by atoms with van der Waals surface area (Å²) in [6.07, 6.45) is -7.16. The van der Waals surface area contributed by atoms with Gasteiger partial charge in [-0.05, 0) is 17.7 Å². The molecular formula is C22H22O9. The second-order valence-corrected chi connectivity index (χ2v) is 7.18. The van der Waals surface area contributed by atoms with Crippen LogP contribution in [0.2, 0.25) is 0 Å². The number of ether oxygens (including phenoxy) is 3. The average Bonchev–Trinajstić information content (AvgIpc) is 2.78. The van der Waals surface area contributed by atoms with E-state index < -0.39 is 42.9 Å². The van der Waals surface area contributed by atoms with Crippen molar-refractivity contribution >= 4 is 11.0 Å². The summed E-state index contributed by atoms with van der Waals surface area (Å²) in [5.74, 6) is 0.365. The highest BCUT2D eigenvalue weighted by Crippen LogP contribution is 2.35. The van der Waals surface area contributed by atoms with E-state index in [2.05, 4.69) is 0 Å². The molecule has 5 atom stereocenters. The van der Waals surface area contributed by atoms with Gasteiger partial charge in [0.1, 0.15) is 36.6 Å². The fourth-order valence-electron chi connectivity index (χ4n) is 3.31. The lowest BCUT2D eigenvalue weighted by Crippen LogP contribution is -2.60. The topological polar surface area (TPSA) is 139 Å². The molecule has 3 aromatic rings. The van der Waals surface area contributed by atoms with Gasteiger partial charge < -0.3 is 39.1 Å². The molecule has 0 saturated carbocycles. The molecule has 2 heterocycles. The number of hydrogen-bond donors (Lipinski definition) is 4. The third kappa shape index (κ3) is 4.55. The number of fused-ring (bicyclic) bond motifs is 1. The van der Waals surface area contributed by atoms with Gasteiger partial charge in [0, 0.05) is 17.5 Å². The van der Waals surface area contributed by atoms with Gasteiger partial charge in [0.05, 0.1) is 6.61 Å². The molecule has 9 heteroatoms. The Labute approximate surface area is 176 Å². The Kier molecular flexibility index (Phi) is 6.21. The van der Waals surface area contributed by atoms with Gasteiger partial charge in [-0.1, -0.05) is 30.3 Å². The minimum Gasteiger partial charge on any atom is -0.485 e. The molecule has 31 heavy (non-hydrogen) atoms. The maximum Gasteiger partial charge on any atom is 0.336 e. The maximum absolute atomic E-state index is 11.6. The summed E-state index contributed by atoms with van der Waals surface area (Å²) < 4.78 is 22.3. The highest BCUT2D eigenvalue weighted by molar-refractivity contribution is 5.80. The van der Waals surface area contributed by atoms with Crippen molar-refractivity contribution in [3.05, 3.63) is 70.6 Å². The lowest BCUT2D eigenvalue weighted by Gasteiger charge is -2.39. The highest BCUT2D eigenvalue weighted by atomic mass is 16.7. The quantitative estimate of drug-likeness (QED) is 0.413. The third-order valence-corrected chi connectivity index (χ3v) is 5.01. The first kappa shape index (κ1) is 21.3. The van der Waals surface area contributed by atoms with Crippen LogP contribution in [0.4, 0.5) is 0 Å². The second kappa shape index (κ2) is 9.04. The molecule has 1 fully saturated rings. The van der Waals surface area contributed by atoms with Crippen molar-refractivity contribution in [2.75, 3.05) is 6.61 Å². The molecule has 1 saturated heterocycles. The summed E-state index contributed by atoms with van der Waals surface area (Å²) in [4.78, 5) is 11.6. The molecule has 1 aliphatic rings. The molecule has 0 spiro atoms. The molecule has 9 nitrogen and oxygen atoms in total. The predicted molar refractivity (Wildman–Crippen MR) is 108 cm³/mol. The lowest BCUT2D eigenvalue weighted by molar-refractivity contribution is -0.277. The molecule has 4 rings (SSSR count). The Morgan fingerprint density at radius 3 is 2.42 bits per heavy atom. The zero-order valence-electron chi connectivity index (χ0n) is 16.3. The summed E-state index contributed by atoms with van der Waals surface area (Å²) in [5.41, 5.74) is 0.636. The number of benzene rings is 2. The number of rotatable bonds is 6. The smallest absolute Gasteiger partial charge is 0.336 e. The molecule has 164 valence electrons. The zero-order chi connectivity index (χ0) is 22.0. The average molecular weight is 430 g/mol. The predicted octanol–water partition coefficient (Wildman–Crippen LogP) is 0.551. The van der Waals surface area contributed by atoms with Crippen molar-refractivity contribution < 1.29 is 39.1 Å². The van der Waals surface area contributed by atoms with Gasteiger partial charge in [0.15, 0.2) is 11.5 Å². The van der Waals surface area contributed by atoms with E-state index in [-0.39, 0.29) is 23.7 Å². The van der Waals surface area contributed by atoms with Gasteiger partial charge in [0.25, 0.3) is 0 Å². The molecule has 0 bridgehead atoms. The molecule has 0 unspecified atom stereocenters. The van der Waals surface area contributed by atoms with Crippen molar-refractivity contribution in [2.24, 2.45) is 0 Å². The zero-order valence-corrected chi connectivity index (χ0v) is 16.3. The van der Waals surface area contributed by atoms with Crippen LogP contribution in [0.25, 0.3) is 11.0 Å². The van der Waals surface area contributed by atoms with Crippen LogP contribution in [-0.2, 0) is 11.3 Å². The van der Waals surface area contributed by atoms with Crippen molar-refractivity contribution in [1.29, 1.82) is 0 Å². The van der Waals surface area contributed by atoms with Crippen molar-refractivity contribution in [2.45, 2.75) is 37.3 Å². The van der Waals surface area contributed by atoms with Crippen LogP contribution in [0, 0.1) is 0 Å². The van der Waals surface area contributed by atoms with E-state index in [0.29, 0.717) is 5.39 Å². The summed E-state index contributed by atoms with van der Waals surface area (Å²) in [6.45, 7) is -0.389. The van der Waals surface area contributed by atoms with E-state index in [9.17, 15) is 25.2 Å². The monoisotopic (exact) mass is 430 g/mol. The van der Waals surface area contributed by atoms with Crippen LogP contribution in [0.15, 0.2) is 63.8 Å². The first-order valence-electron chi connectivity index (χ1n) is 9.68. The third-order valence-electron chi connectivity index (χ3n) is 5.01. The van der Waals surface area contributed by atoms with Gasteiger partial charge in [0.2, 0.25) is 6.29 Å². The number of aliphatic hydroxyl groups excluding tert-OH is 4. The van der Waals surface area contributed by atoms with Gasteiger partial charge in [-0.2, -0.15) is 0 Å². The number of aliphatic hydroxyl groups is 4. The Bertz CT molecular complexity index is 1080. The molecule has 0 aliphatic carbocycles. The van der Waals surface area contributed by atoms with Crippen LogP contribution in [0.3, 0.4) is 0 Å². The SMILES string of the molecule is O=c1ccc2cc(O[C@H]3O[C@H](CO)[C@H](O)[C@H](O)[C@H]3O)c(OCc3ccccc3)cc2o1. The summed E-state index contributed by atoms with van der Waals surface area (Å²) in [7, 11) is 0. The summed E-state index contributed by atoms with van der Waals surface area (Å²) in [6, 6.07) is 15.2. The van der Waals surface area contributed by atoms with E-state index in [4.69, 9.17) is 18.6 Å². The number of hydrogen-bond acceptors (Lipinski definition) is 9. The van der Waals surface area contributed by atoms with Crippen LogP contribution in [0.5, 0.6) is 11.5 Å². The van der Waals surface area contributed by atoms with Crippen molar-refractivity contribution in [1.82, 2.24) is 0 Å². The molecule has 1 aliphatic heterocycles. The van der Waals surface area contributed by atoms with Gasteiger partial charge >= 0.3 is 5.63 Å². The second-order valence-electron chi connectivity index (χ2n) is 7.18. The van der Waals surface area contributed by atoms with Gasteiger partial charge in [-0.3, -0.25) is 0 Å². The van der Waals surface area contributed by atoms with E-state index in [1.54, 1.807) is 12.1 Å². The molecule has 1 aromatic heterocycles. The minimum absolute atomic E-state index is 0.154. The van der Waals surface area contributed by atoms with Crippen LogP contribution < -0.4 is 15.1 Å². The summed E-state index contributed by atoms with van der Waals surface area (Å²) >= 11 is 0. The van der Waals surface area contributed by atoms with Gasteiger partial charge in [-0.25, -0.2) is 4.79 Å². The lowest BCUT2D eigenvalue weighted by atomic mass is 9.99. The van der Waals surface area contributed by atoms with E-state index in [0.717, 1.165) is 5.56 Å². The minimum atomic E-state index is -1.58. The van der Waals surface area contributed by atoms with Gasteiger partial charge in [-0.15, -0.1) is 0 Å². The fraction of sp³-hybridized carbons (Fsp3) is 0.318. The molecule has 0 radical (unpaired) electrons. The Morgan fingerprint density at radius 2 is 1.68 bits per heavy atom. The van der Waals surface area contributed by atoms with Crippen molar-refractivity contribution in [3.8, 4) is 11.5 Å². The van der Waals surface area contributed by atoms with E-state index >= 15 is 0 Å². The Hall–Kier alpha value is -2.95. The van der Waals surface area contributed by atoms with E-state index in [1.807, 2.05) is 30.3 Å². The molecule has 4 N–H and O–H groups in total. The van der Waals surface area contributed by atoms with Crippen LogP contribution in [-0.4, -0.2) is 57.7 Å². The Morgan fingerprint density at radius 1 is 0.903 bits per heavy atom. The first-order valence-corrected chi connectivity index (χ1v) is 9.68. The van der Waals surface area contributed by atoms with Crippen molar-refractivity contribution in [3.63, 3.8) is 0 Å². The first-order chi connectivity index (χ1) is 15.0. The summed E-state index contributed by atoms with van der Waals surface area (Å²) in [5, 5.41) is 40.2.